The first-order chi connectivity index (χ1) is 15.7. The van der Waals surface area contributed by atoms with Gasteiger partial charge in [-0.25, -0.2) is 30.9 Å². The molecule has 12 heteroatoms. The van der Waals surface area contributed by atoms with E-state index in [9.17, 15) is 21.6 Å². The van der Waals surface area contributed by atoms with E-state index in [2.05, 4.69) is 9.72 Å². The number of benzene rings is 2. The molecule has 170 valence electrons. The van der Waals surface area contributed by atoms with Crippen LogP contribution in [-0.4, -0.2) is 34.9 Å². The lowest BCUT2D eigenvalue weighted by Crippen LogP contribution is -2.19. The highest BCUT2D eigenvalue weighted by atomic mass is 35.5. The van der Waals surface area contributed by atoms with Gasteiger partial charge in [0.1, 0.15) is 5.58 Å². The second-order valence-electron chi connectivity index (χ2n) is 6.64. The van der Waals surface area contributed by atoms with E-state index in [-0.39, 0.29) is 22.2 Å². The van der Waals surface area contributed by atoms with Crippen LogP contribution in [0.2, 0.25) is 5.02 Å². The molecule has 0 aliphatic rings. The fraction of sp³-hybridized carbons (Fsp3) is 0.0476. The van der Waals surface area contributed by atoms with Crippen LogP contribution in [0.1, 0.15) is 10.4 Å². The average Bonchev–Trinajstić information content (AvgIpc) is 3.21. The van der Waals surface area contributed by atoms with Crippen LogP contribution in [-0.2, 0) is 25.5 Å². The SMILES string of the molecule is COC(=O)c1ccccc1S(=O)(=O)c1ncc(Cl)cc1N(c1cc2ccccc2o1)[SH](=O)=O. The number of fused-ring (bicyclic) bond motifs is 1. The topological polar surface area (TPSA) is 124 Å². The van der Waals surface area contributed by atoms with Gasteiger partial charge in [0.15, 0.2) is 5.03 Å². The molecule has 4 rings (SSSR count). The van der Waals surface area contributed by atoms with E-state index in [1.807, 2.05) is 0 Å². The maximum absolute atomic E-state index is 13.6. The van der Waals surface area contributed by atoms with Crippen molar-refractivity contribution in [3.8, 4) is 0 Å². The van der Waals surface area contributed by atoms with Crippen LogP contribution in [0.5, 0.6) is 0 Å². The van der Waals surface area contributed by atoms with Gasteiger partial charge in [0.05, 0.1) is 28.3 Å². The molecule has 2 heterocycles. The Morgan fingerprint density at radius 3 is 2.48 bits per heavy atom. The molecule has 0 spiro atoms. The Labute approximate surface area is 195 Å². The second-order valence-corrected chi connectivity index (χ2v) is 9.79. The van der Waals surface area contributed by atoms with Crippen molar-refractivity contribution in [1.82, 2.24) is 4.98 Å². The number of halogens is 1. The number of anilines is 2. The number of aromatic nitrogens is 1. The highest BCUT2D eigenvalue weighted by Crippen LogP contribution is 2.38. The lowest BCUT2D eigenvalue weighted by atomic mass is 10.2. The number of carbonyl (C=O) groups excluding carboxylic acids is 1. The fourth-order valence-electron chi connectivity index (χ4n) is 3.22. The van der Waals surface area contributed by atoms with Crippen molar-refractivity contribution >= 4 is 60.8 Å². The van der Waals surface area contributed by atoms with E-state index in [0.29, 0.717) is 15.3 Å². The van der Waals surface area contributed by atoms with Crippen molar-refractivity contribution in [2.75, 3.05) is 11.4 Å². The van der Waals surface area contributed by atoms with Gasteiger partial charge in [-0.2, -0.15) is 0 Å². The summed E-state index contributed by atoms with van der Waals surface area (Å²) in [6, 6.07) is 14.7. The molecule has 2 aromatic carbocycles. The van der Waals surface area contributed by atoms with Crippen molar-refractivity contribution < 1.29 is 30.8 Å². The van der Waals surface area contributed by atoms with Crippen molar-refractivity contribution in [2.45, 2.75) is 9.92 Å². The van der Waals surface area contributed by atoms with Gasteiger partial charge in [-0.3, -0.25) is 0 Å². The number of methoxy groups -OCH3 is 1. The van der Waals surface area contributed by atoms with Gasteiger partial charge in [0.2, 0.25) is 26.6 Å². The molecule has 0 aliphatic carbocycles. The summed E-state index contributed by atoms with van der Waals surface area (Å²) in [5, 5.41) is -0.0455. The Morgan fingerprint density at radius 1 is 1.09 bits per heavy atom. The molecule has 0 radical (unpaired) electrons. The summed E-state index contributed by atoms with van der Waals surface area (Å²) in [6.07, 6.45) is 1.06. The Kier molecular flexibility index (Phi) is 6.11. The normalized spacial score (nSPS) is 11.6. The third-order valence-corrected chi connectivity index (χ3v) is 7.35. The largest absolute Gasteiger partial charge is 0.465 e. The van der Waals surface area contributed by atoms with Crippen molar-refractivity contribution in [3.05, 3.63) is 77.4 Å². The zero-order valence-corrected chi connectivity index (χ0v) is 19.3. The molecule has 0 saturated heterocycles. The first-order valence-corrected chi connectivity index (χ1v) is 12.2. The first kappa shape index (κ1) is 22.8. The maximum Gasteiger partial charge on any atom is 0.339 e. The van der Waals surface area contributed by atoms with Crippen LogP contribution in [0.4, 0.5) is 11.6 Å². The summed E-state index contributed by atoms with van der Waals surface area (Å²) in [7, 11) is -6.83. The summed E-state index contributed by atoms with van der Waals surface area (Å²) >= 11 is 6.05. The zero-order chi connectivity index (χ0) is 23.8. The summed E-state index contributed by atoms with van der Waals surface area (Å²) < 4.78 is 62.7. The van der Waals surface area contributed by atoms with Crippen molar-refractivity contribution in [1.29, 1.82) is 0 Å². The first-order valence-electron chi connectivity index (χ1n) is 9.25. The molecule has 0 unspecified atom stereocenters. The summed E-state index contributed by atoms with van der Waals surface area (Å²) in [4.78, 5) is 15.7. The van der Waals surface area contributed by atoms with Gasteiger partial charge < -0.3 is 9.15 Å². The number of rotatable bonds is 6. The Hall–Kier alpha value is -3.41. The molecule has 0 N–H and O–H groups in total. The summed E-state index contributed by atoms with van der Waals surface area (Å²) in [5.74, 6) is -1.04. The Morgan fingerprint density at radius 2 is 1.79 bits per heavy atom. The van der Waals surface area contributed by atoms with Crippen LogP contribution in [0.25, 0.3) is 11.0 Å². The highest BCUT2D eigenvalue weighted by Gasteiger charge is 2.32. The number of nitrogens with zero attached hydrogens (tertiary/aromatic N) is 2. The molecule has 33 heavy (non-hydrogen) atoms. The van der Waals surface area contributed by atoms with Gasteiger partial charge in [-0.15, -0.1) is 0 Å². The fourth-order valence-corrected chi connectivity index (χ4v) is 5.55. The number of furan rings is 1. The van der Waals surface area contributed by atoms with E-state index < -0.39 is 36.6 Å². The van der Waals surface area contributed by atoms with E-state index >= 15 is 0 Å². The quantitative estimate of drug-likeness (QED) is 0.309. The molecule has 2 aromatic heterocycles. The minimum Gasteiger partial charge on any atom is -0.465 e. The van der Waals surface area contributed by atoms with E-state index in [4.69, 9.17) is 16.0 Å². The molecule has 0 atom stereocenters. The number of hydrogen-bond acceptors (Lipinski definition) is 8. The number of sulfone groups is 1. The van der Waals surface area contributed by atoms with E-state index in [0.717, 1.165) is 19.4 Å². The second kappa shape index (κ2) is 8.85. The van der Waals surface area contributed by atoms with Gasteiger partial charge in [-0.1, -0.05) is 41.9 Å². The molecule has 0 amide bonds. The lowest BCUT2D eigenvalue weighted by Gasteiger charge is -2.18. The number of hydrogen-bond donors (Lipinski definition) is 1. The molecular formula is C21H15ClN2O7S2. The lowest BCUT2D eigenvalue weighted by molar-refractivity contribution is 0.0596. The van der Waals surface area contributed by atoms with Crippen LogP contribution in [0, 0.1) is 0 Å². The molecular weight excluding hydrogens is 492 g/mol. The number of carbonyl (C=O) groups is 1. The van der Waals surface area contributed by atoms with E-state index in [1.54, 1.807) is 24.3 Å². The Bertz CT molecular complexity index is 1520. The molecule has 0 saturated carbocycles. The van der Waals surface area contributed by atoms with Crippen LogP contribution >= 0.6 is 11.6 Å². The van der Waals surface area contributed by atoms with Crippen LogP contribution in [0.3, 0.4) is 0 Å². The average molecular weight is 507 g/mol. The number of thiol groups is 1. The Balaban J connectivity index is 1.97. The maximum atomic E-state index is 13.6. The molecule has 0 aliphatic heterocycles. The standard InChI is InChI=1S/C21H15ClN2O7S2/c1-30-21(25)15-7-3-5-9-18(15)33(28,29)20-16(11-14(22)12-23-20)24(32(26)27)19-10-13-6-2-4-8-17(13)31-19/h2-12,32H,1H3. The van der Waals surface area contributed by atoms with Gasteiger partial charge in [0, 0.05) is 17.6 Å². The van der Waals surface area contributed by atoms with Crippen LogP contribution in [0.15, 0.2) is 81.2 Å². The van der Waals surface area contributed by atoms with Crippen molar-refractivity contribution in [3.63, 3.8) is 0 Å². The summed E-state index contributed by atoms with van der Waals surface area (Å²) in [5.41, 5.74) is -0.202. The van der Waals surface area contributed by atoms with Crippen LogP contribution < -0.4 is 4.31 Å². The predicted molar refractivity (Wildman–Crippen MR) is 121 cm³/mol. The minimum absolute atomic E-state index is 0.0110. The van der Waals surface area contributed by atoms with Crippen molar-refractivity contribution in [2.24, 2.45) is 0 Å². The number of esters is 1. The predicted octanol–water partition coefficient (Wildman–Crippen LogP) is 3.77. The van der Waals surface area contributed by atoms with E-state index in [1.165, 1.54) is 30.3 Å². The summed E-state index contributed by atoms with van der Waals surface area (Å²) in [6.45, 7) is 0. The third kappa shape index (κ3) is 4.17. The number of ether oxygens (including phenoxy) is 1. The molecule has 0 fully saturated rings. The zero-order valence-electron chi connectivity index (χ0n) is 16.8. The number of pyridine rings is 1. The molecule has 4 aromatic rings. The number of para-hydroxylation sites is 1. The van der Waals surface area contributed by atoms with Gasteiger partial charge in [-0.05, 0) is 24.3 Å². The van der Waals surface area contributed by atoms with Gasteiger partial charge in [0.25, 0.3) is 0 Å². The smallest absolute Gasteiger partial charge is 0.339 e. The highest BCUT2D eigenvalue weighted by molar-refractivity contribution is 7.91. The minimum atomic E-state index is -4.51. The third-order valence-electron chi connectivity index (χ3n) is 4.65. The van der Waals surface area contributed by atoms with Gasteiger partial charge >= 0.3 is 5.97 Å². The monoisotopic (exact) mass is 506 g/mol. The molecule has 0 bridgehead atoms. The molecule has 9 nitrogen and oxygen atoms in total.